The molecule has 150 valence electrons. The van der Waals surface area contributed by atoms with Crippen molar-refractivity contribution in [1.82, 2.24) is 15.3 Å². The van der Waals surface area contributed by atoms with Crippen LogP contribution in [0.25, 0.3) is 12.2 Å². The van der Waals surface area contributed by atoms with Crippen LogP contribution in [-0.2, 0) is 16.0 Å². The highest BCUT2D eigenvalue weighted by atomic mass is 16.2. The second-order valence-corrected chi connectivity index (χ2v) is 6.49. The fraction of sp³-hybridized carbons (Fsp3) is 0.0870. The van der Waals surface area contributed by atoms with E-state index in [0.29, 0.717) is 5.69 Å². The van der Waals surface area contributed by atoms with Gasteiger partial charge in [-0.3, -0.25) is 24.4 Å². The Labute approximate surface area is 173 Å². The van der Waals surface area contributed by atoms with Crippen LogP contribution < -0.4 is 11.1 Å². The van der Waals surface area contributed by atoms with E-state index in [1.807, 2.05) is 30.3 Å². The van der Waals surface area contributed by atoms with Crippen molar-refractivity contribution in [3.63, 3.8) is 0 Å². The molecule has 0 radical (unpaired) electrons. The molecule has 30 heavy (non-hydrogen) atoms. The molecule has 1 atom stereocenters. The number of carbonyl (C=O) groups excluding carboxylic acids is 3. The molecule has 3 rings (SSSR count). The second kappa shape index (κ2) is 9.88. The largest absolute Gasteiger partial charge is 0.363 e. The monoisotopic (exact) mass is 400 g/mol. The molecule has 1 unspecified atom stereocenters. The van der Waals surface area contributed by atoms with Crippen LogP contribution in [0.5, 0.6) is 0 Å². The number of benzene rings is 1. The standard InChI is InChI=1S/C23H20N4O3/c24-22(29)21(28)20(15-17-5-2-1-3-6-17)27-23(30)18-7-4-12-26-19(18)9-8-16-10-13-25-14-11-16/h1-14,20H,15H2,(H2,24,29)(H,27,30). The summed E-state index contributed by atoms with van der Waals surface area (Å²) < 4.78 is 0. The molecule has 7 heteroatoms. The van der Waals surface area contributed by atoms with Gasteiger partial charge in [-0.05, 0) is 41.5 Å². The molecule has 3 aromatic rings. The lowest BCUT2D eigenvalue weighted by atomic mass is 10.0. The zero-order chi connectivity index (χ0) is 21.3. The third kappa shape index (κ3) is 5.45. The van der Waals surface area contributed by atoms with Crippen molar-refractivity contribution in [1.29, 1.82) is 0 Å². The zero-order valence-corrected chi connectivity index (χ0v) is 16.1. The van der Waals surface area contributed by atoms with E-state index in [-0.39, 0.29) is 12.0 Å². The highest BCUT2D eigenvalue weighted by Crippen LogP contribution is 2.12. The fourth-order valence-corrected chi connectivity index (χ4v) is 2.86. The lowest BCUT2D eigenvalue weighted by Crippen LogP contribution is -2.47. The topological polar surface area (TPSA) is 115 Å². The first-order chi connectivity index (χ1) is 14.5. The van der Waals surface area contributed by atoms with Crippen LogP contribution in [0.2, 0.25) is 0 Å². The van der Waals surface area contributed by atoms with Crippen molar-refractivity contribution in [2.45, 2.75) is 12.5 Å². The van der Waals surface area contributed by atoms with Crippen LogP contribution in [0, 0.1) is 0 Å². The Kier molecular flexibility index (Phi) is 6.78. The van der Waals surface area contributed by atoms with E-state index in [1.54, 1.807) is 55.0 Å². The molecule has 0 fully saturated rings. The van der Waals surface area contributed by atoms with Gasteiger partial charge in [-0.15, -0.1) is 0 Å². The molecule has 0 saturated carbocycles. The summed E-state index contributed by atoms with van der Waals surface area (Å²) in [7, 11) is 0. The van der Waals surface area contributed by atoms with Crippen LogP contribution in [0.3, 0.4) is 0 Å². The number of amides is 2. The van der Waals surface area contributed by atoms with Crippen molar-refractivity contribution in [2.75, 3.05) is 0 Å². The average Bonchev–Trinajstić information content (AvgIpc) is 2.78. The summed E-state index contributed by atoms with van der Waals surface area (Å²) in [5.41, 5.74) is 7.57. The summed E-state index contributed by atoms with van der Waals surface area (Å²) in [6, 6.07) is 14.9. The first-order valence-corrected chi connectivity index (χ1v) is 9.26. The molecule has 2 heterocycles. The second-order valence-electron chi connectivity index (χ2n) is 6.49. The molecule has 0 aliphatic heterocycles. The van der Waals surface area contributed by atoms with Crippen molar-refractivity contribution in [3.8, 4) is 0 Å². The maximum atomic E-state index is 12.9. The number of aromatic nitrogens is 2. The summed E-state index contributed by atoms with van der Waals surface area (Å²) in [5.74, 6) is -2.47. The molecule has 1 aromatic carbocycles. The lowest BCUT2D eigenvalue weighted by molar-refractivity contribution is -0.137. The first kappa shape index (κ1) is 20.6. The molecule has 2 amide bonds. The Hall–Kier alpha value is -4.13. The minimum Gasteiger partial charge on any atom is -0.363 e. The van der Waals surface area contributed by atoms with Gasteiger partial charge in [0.15, 0.2) is 0 Å². The number of hydrogen-bond donors (Lipinski definition) is 2. The van der Waals surface area contributed by atoms with Gasteiger partial charge in [-0.25, -0.2) is 0 Å². The third-order valence-electron chi connectivity index (χ3n) is 4.37. The number of pyridine rings is 2. The van der Waals surface area contributed by atoms with Crippen molar-refractivity contribution in [2.24, 2.45) is 5.73 Å². The maximum absolute atomic E-state index is 12.9. The maximum Gasteiger partial charge on any atom is 0.287 e. The SMILES string of the molecule is NC(=O)C(=O)C(Cc1ccccc1)NC(=O)c1cccnc1C=Cc1ccncc1. The lowest BCUT2D eigenvalue weighted by Gasteiger charge is -2.17. The van der Waals surface area contributed by atoms with Gasteiger partial charge in [0.05, 0.1) is 11.3 Å². The minimum atomic E-state index is -1.10. The Balaban J connectivity index is 1.83. The smallest absolute Gasteiger partial charge is 0.287 e. The summed E-state index contributed by atoms with van der Waals surface area (Å²) in [5, 5.41) is 2.63. The van der Waals surface area contributed by atoms with Gasteiger partial charge in [0.2, 0.25) is 5.78 Å². The summed E-state index contributed by atoms with van der Waals surface area (Å²) >= 11 is 0. The third-order valence-corrected chi connectivity index (χ3v) is 4.37. The number of hydrogen-bond acceptors (Lipinski definition) is 5. The molecule has 0 spiro atoms. The molecule has 7 nitrogen and oxygen atoms in total. The van der Waals surface area contributed by atoms with Gasteiger partial charge < -0.3 is 11.1 Å². The zero-order valence-electron chi connectivity index (χ0n) is 16.1. The summed E-state index contributed by atoms with van der Waals surface area (Å²) in [6.07, 6.45) is 8.55. The quantitative estimate of drug-likeness (QED) is 0.562. The van der Waals surface area contributed by atoms with E-state index in [1.165, 1.54) is 0 Å². The summed E-state index contributed by atoms with van der Waals surface area (Å²) in [6.45, 7) is 0. The molecular weight excluding hydrogens is 380 g/mol. The van der Waals surface area contributed by atoms with Gasteiger partial charge in [0, 0.05) is 25.0 Å². The Morgan fingerprint density at radius 2 is 1.67 bits per heavy atom. The van der Waals surface area contributed by atoms with Gasteiger partial charge in [-0.1, -0.05) is 36.4 Å². The number of rotatable bonds is 8. The van der Waals surface area contributed by atoms with E-state index in [9.17, 15) is 14.4 Å². The van der Waals surface area contributed by atoms with E-state index >= 15 is 0 Å². The Bertz CT molecular complexity index is 1070. The molecule has 3 N–H and O–H groups in total. The van der Waals surface area contributed by atoms with Gasteiger partial charge in [-0.2, -0.15) is 0 Å². The average molecular weight is 400 g/mol. The Morgan fingerprint density at radius 1 is 0.933 bits per heavy atom. The molecule has 0 aliphatic carbocycles. The number of Topliss-reactive ketones (excluding diaryl/α,β-unsaturated/α-hetero) is 1. The highest BCUT2D eigenvalue weighted by molar-refractivity contribution is 6.38. The Morgan fingerprint density at radius 3 is 2.37 bits per heavy atom. The van der Waals surface area contributed by atoms with Crippen molar-refractivity contribution in [3.05, 3.63) is 95.6 Å². The van der Waals surface area contributed by atoms with Crippen molar-refractivity contribution < 1.29 is 14.4 Å². The summed E-state index contributed by atoms with van der Waals surface area (Å²) in [4.78, 5) is 44.9. The van der Waals surface area contributed by atoms with Crippen molar-refractivity contribution >= 4 is 29.7 Å². The molecule has 0 aliphatic rings. The minimum absolute atomic E-state index is 0.150. The number of ketones is 1. The molecule has 0 saturated heterocycles. The van der Waals surface area contributed by atoms with Gasteiger partial charge in [0.25, 0.3) is 11.8 Å². The number of nitrogens with one attached hydrogen (secondary N) is 1. The molecular formula is C23H20N4O3. The van der Waals surface area contributed by atoms with E-state index in [4.69, 9.17) is 5.73 Å². The number of carbonyl (C=O) groups is 3. The van der Waals surface area contributed by atoms with Crippen LogP contribution in [0.1, 0.15) is 27.2 Å². The van der Waals surface area contributed by atoms with Crippen LogP contribution in [0.15, 0.2) is 73.2 Å². The first-order valence-electron chi connectivity index (χ1n) is 9.26. The predicted octanol–water partition coefficient (Wildman–Crippen LogP) is 2.04. The van der Waals surface area contributed by atoms with Crippen LogP contribution >= 0.6 is 0 Å². The molecule has 2 aromatic heterocycles. The van der Waals surface area contributed by atoms with Gasteiger partial charge >= 0.3 is 0 Å². The van der Waals surface area contributed by atoms with Gasteiger partial charge in [0.1, 0.15) is 6.04 Å². The number of nitrogens with zero attached hydrogens (tertiary/aromatic N) is 2. The number of nitrogens with two attached hydrogens (primary N) is 1. The van der Waals surface area contributed by atoms with E-state index in [0.717, 1.165) is 11.1 Å². The highest BCUT2D eigenvalue weighted by Gasteiger charge is 2.26. The molecule has 0 bridgehead atoms. The number of primary amides is 1. The van der Waals surface area contributed by atoms with Crippen LogP contribution in [0.4, 0.5) is 0 Å². The van der Waals surface area contributed by atoms with Crippen LogP contribution in [-0.4, -0.2) is 33.6 Å². The fourth-order valence-electron chi connectivity index (χ4n) is 2.86. The predicted molar refractivity (Wildman–Crippen MR) is 113 cm³/mol. The normalized spacial score (nSPS) is 11.7. The van der Waals surface area contributed by atoms with E-state index in [2.05, 4.69) is 15.3 Å². The van der Waals surface area contributed by atoms with E-state index < -0.39 is 23.6 Å².